The lowest BCUT2D eigenvalue weighted by Crippen LogP contribution is -2.45. The number of rotatable bonds is 2. The molecule has 25 heavy (non-hydrogen) atoms. The van der Waals surface area contributed by atoms with E-state index in [0.29, 0.717) is 29.8 Å². The van der Waals surface area contributed by atoms with Crippen molar-refractivity contribution >= 4 is 28.8 Å². The minimum Gasteiger partial charge on any atom is -0.444 e. The second-order valence-corrected chi connectivity index (χ2v) is 7.05. The summed E-state index contributed by atoms with van der Waals surface area (Å²) in [6.07, 6.45) is 0.826. The van der Waals surface area contributed by atoms with Crippen LogP contribution in [-0.4, -0.2) is 40.1 Å². The number of aromatic nitrogens is 1. The first kappa shape index (κ1) is 17.1. The van der Waals surface area contributed by atoms with Crippen molar-refractivity contribution in [2.45, 2.75) is 45.3 Å². The molecule has 0 saturated carbocycles. The predicted molar refractivity (Wildman–Crippen MR) is 91.4 cm³/mol. The summed E-state index contributed by atoms with van der Waals surface area (Å²) in [7, 11) is 0. The van der Waals surface area contributed by atoms with Gasteiger partial charge >= 0.3 is 11.8 Å². The van der Waals surface area contributed by atoms with Crippen LogP contribution < -0.4 is 11.1 Å². The molecule has 1 fully saturated rings. The molecule has 0 bridgehead atoms. The number of aromatic amines is 1. The van der Waals surface area contributed by atoms with Gasteiger partial charge in [0.2, 0.25) is 5.91 Å². The SMILES string of the molecule is CC(C)(C)OC(=O)N1CCCC1C(=O)Nc1ccc2[nH]c(=O)oc2c1. The summed E-state index contributed by atoms with van der Waals surface area (Å²) >= 11 is 0. The number of H-pyrrole nitrogens is 1. The van der Waals surface area contributed by atoms with Crippen LogP contribution in [0, 0.1) is 0 Å². The third-order valence-electron chi connectivity index (χ3n) is 3.87. The Bertz CT molecular complexity index is 861. The number of hydrogen-bond donors (Lipinski definition) is 2. The highest BCUT2D eigenvalue weighted by Crippen LogP contribution is 2.23. The lowest BCUT2D eigenvalue weighted by Gasteiger charge is -2.28. The lowest BCUT2D eigenvalue weighted by atomic mass is 10.2. The van der Waals surface area contributed by atoms with Crippen molar-refractivity contribution in [3.8, 4) is 0 Å². The fourth-order valence-corrected chi connectivity index (χ4v) is 2.83. The minimum atomic E-state index is -0.614. The number of ether oxygens (including phenoxy) is 1. The molecule has 1 aromatic carbocycles. The maximum Gasteiger partial charge on any atom is 0.417 e. The zero-order chi connectivity index (χ0) is 18.2. The van der Waals surface area contributed by atoms with Gasteiger partial charge in [0.1, 0.15) is 11.6 Å². The van der Waals surface area contributed by atoms with E-state index in [1.54, 1.807) is 39.0 Å². The van der Waals surface area contributed by atoms with Crippen molar-refractivity contribution in [2.75, 3.05) is 11.9 Å². The molecule has 8 heteroatoms. The highest BCUT2D eigenvalue weighted by atomic mass is 16.6. The minimum absolute atomic E-state index is 0.291. The van der Waals surface area contributed by atoms with E-state index in [9.17, 15) is 14.4 Å². The molecule has 2 N–H and O–H groups in total. The van der Waals surface area contributed by atoms with E-state index in [1.165, 1.54) is 4.90 Å². The van der Waals surface area contributed by atoms with Crippen molar-refractivity contribution < 1.29 is 18.7 Å². The van der Waals surface area contributed by atoms with Crippen LogP contribution in [0.1, 0.15) is 33.6 Å². The average Bonchev–Trinajstić information content (AvgIpc) is 3.10. The molecular weight excluding hydrogens is 326 g/mol. The van der Waals surface area contributed by atoms with Crippen molar-refractivity contribution in [2.24, 2.45) is 0 Å². The Kier molecular flexibility index (Phi) is 4.28. The smallest absolute Gasteiger partial charge is 0.417 e. The second kappa shape index (κ2) is 6.27. The molecular formula is C17H21N3O5. The number of nitrogens with one attached hydrogen (secondary N) is 2. The molecule has 1 aromatic heterocycles. The first-order valence-corrected chi connectivity index (χ1v) is 8.16. The quantitative estimate of drug-likeness (QED) is 0.868. The summed E-state index contributed by atoms with van der Waals surface area (Å²) < 4.78 is 10.3. The lowest BCUT2D eigenvalue weighted by molar-refractivity contribution is -0.120. The number of amides is 2. The molecule has 0 radical (unpaired) electrons. The van der Waals surface area contributed by atoms with E-state index in [0.717, 1.165) is 6.42 Å². The summed E-state index contributed by atoms with van der Waals surface area (Å²) in [5.74, 6) is -0.842. The number of benzene rings is 1. The van der Waals surface area contributed by atoms with Crippen LogP contribution in [0.2, 0.25) is 0 Å². The molecule has 8 nitrogen and oxygen atoms in total. The van der Waals surface area contributed by atoms with Gasteiger partial charge in [0.15, 0.2) is 5.58 Å². The van der Waals surface area contributed by atoms with Gasteiger partial charge in [-0.05, 0) is 45.7 Å². The Morgan fingerprint density at radius 1 is 1.36 bits per heavy atom. The number of fused-ring (bicyclic) bond motifs is 1. The molecule has 1 unspecified atom stereocenters. The number of carbonyl (C=O) groups is 2. The Balaban J connectivity index is 1.72. The van der Waals surface area contributed by atoms with Gasteiger partial charge in [0.25, 0.3) is 0 Å². The van der Waals surface area contributed by atoms with Crippen LogP contribution in [-0.2, 0) is 9.53 Å². The van der Waals surface area contributed by atoms with Crippen molar-refractivity contribution in [3.05, 3.63) is 28.7 Å². The molecule has 2 heterocycles. The summed E-state index contributed by atoms with van der Waals surface area (Å²) in [6, 6.07) is 4.30. The first-order chi connectivity index (χ1) is 11.7. The van der Waals surface area contributed by atoms with Gasteiger partial charge < -0.3 is 14.5 Å². The van der Waals surface area contributed by atoms with Gasteiger partial charge in [-0.15, -0.1) is 0 Å². The highest BCUT2D eigenvalue weighted by molar-refractivity contribution is 5.98. The second-order valence-electron chi connectivity index (χ2n) is 7.05. The van der Waals surface area contributed by atoms with Crippen LogP contribution in [0.4, 0.5) is 10.5 Å². The van der Waals surface area contributed by atoms with Gasteiger partial charge in [-0.2, -0.15) is 0 Å². The summed E-state index contributed by atoms with van der Waals surface area (Å²) in [4.78, 5) is 40.0. The van der Waals surface area contributed by atoms with Gasteiger partial charge in [-0.25, -0.2) is 9.59 Å². The third kappa shape index (κ3) is 3.84. The summed E-state index contributed by atoms with van der Waals surface area (Å²) in [6.45, 7) is 5.85. The summed E-state index contributed by atoms with van der Waals surface area (Å²) in [5, 5.41) is 2.77. The Morgan fingerprint density at radius 2 is 2.12 bits per heavy atom. The van der Waals surface area contributed by atoms with Crippen LogP contribution in [0.15, 0.2) is 27.4 Å². The molecule has 1 atom stereocenters. The largest absolute Gasteiger partial charge is 0.444 e. The maximum atomic E-state index is 12.6. The van der Waals surface area contributed by atoms with Crippen LogP contribution >= 0.6 is 0 Å². The average molecular weight is 347 g/mol. The normalized spacial score (nSPS) is 17.7. The highest BCUT2D eigenvalue weighted by Gasteiger charge is 2.36. The number of anilines is 1. The van der Waals surface area contributed by atoms with E-state index >= 15 is 0 Å². The van der Waals surface area contributed by atoms with Crippen LogP contribution in [0.5, 0.6) is 0 Å². The van der Waals surface area contributed by atoms with Gasteiger partial charge in [-0.1, -0.05) is 0 Å². The van der Waals surface area contributed by atoms with Crippen molar-refractivity contribution in [1.29, 1.82) is 0 Å². The molecule has 3 rings (SSSR count). The van der Waals surface area contributed by atoms with E-state index in [4.69, 9.17) is 9.15 Å². The topological polar surface area (TPSA) is 105 Å². The third-order valence-corrected chi connectivity index (χ3v) is 3.87. The Morgan fingerprint density at radius 3 is 2.84 bits per heavy atom. The number of hydrogen-bond acceptors (Lipinski definition) is 5. The monoisotopic (exact) mass is 347 g/mol. The van der Waals surface area contributed by atoms with Crippen LogP contribution in [0.3, 0.4) is 0 Å². The van der Waals surface area contributed by atoms with E-state index < -0.39 is 23.5 Å². The Labute approximate surface area is 144 Å². The van der Waals surface area contributed by atoms with Crippen molar-refractivity contribution in [3.63, 3.8) is 0 Å². The molecule has 0 spiro atoms. The fraction of sp³-hybridized carbons (Fsp3) is 0.471. The molecule has 2 aromatic rings. The number of oxazole rings is 1. The van der Waals surface area contributed by atoms with Gasteiger partial charge in [-0.3, -0.25) is 14.7 Å². The molecule has 2 amide bonds. The molecule has 1 aliphatic heterocycles. The first-order valence-electron chi connectivity index (χ1n) is 8.16. The Hall–Kier alpha value is -2.77. The number of nitrogens with zero attached hydrogens (tertiary/aromatic N) is 1. The van der Waals surface area contributed by atoms with Gasteiger partial charge in [0, 0.05) is 18.3 Å². The maximum absolute atomic E-state index is 12.6. The molecule has 1 aliphatic rings. The number of likely N-dealkylation sites (tertiary alicyclic amines) is 1. The molecule has 134 valence electrons. The molecule has 0 aliphatic carbocycles. The fourth-order valence-electron chi connectivity index (χ4n) is 2.83. The standard InChI is InChI=1S/C17H21N3O5/c1-17(2,3)25-16(23)20-8-4-5-12(20)14(21)18-10-6-7-11-13(9-10)24-15(22)19-11/h6-7,9,12H,4-5,8H2,1-3H3,(H,18,21)(H,19,22). The zero-order valence-corrected chi connectivity index (χ0v) is 14.4. The van der Waals surface area contributed by atoms with E-state index in [2.05, 4.69) is 10.3 Å². The van der Waals surface area contributed by atoms with E-state index in [-0.39, 0.29) is 5.91 Å². The number of carbonyl (C=O) groups excluding carboxylic acids is 2. The molecule has 1 saturated heterocycles. The summed E-state index contributed by atoms with van der Waals surface area (Å²) in [5.41, 5.74) is 0.797. The van der Waals surface area contributed by atoms with Crippen LogP contribution in [0.25, 0.3) is 11.1 Å². The predicted octanol–water partition coefficient (Wildman–Crippen LogP) is 2.46. The van der Waals surface area contributed by atoms with Crippen molar-refractivity contribution in [1.82, 2.24) is 9.88 Å². The van der Waals surface area contributed by atoms with Gasteiger partial charge in [0.05, 0.1) is 5.52 Å². The zero-order valence-electron chi connectivity index (χ0n) is 14.4. The van der Waals surface area contributed by atoms with E-state index in [1.807, 2.05) is 0 Å².